The Hall–Kier alpha value is -1.33. The van der Waals surface area contributed by atoms with Crippen LogP contribution in [0.25, 0.3) is 0 Å². The Labute approximate surface area is 108 Å². The van der Waals surface area contributed by atoms with Crippen LogP contribution in [-0.4, -0.2) is 43.9 Å². The summed E-state index contributed by atoms with van der Waals surface area (Å²) in [6, 6.07) is 3.82. The standard InChI is InChI=1S/C13H21N3O2/c1-2-7-18-12-4-3-5-15-13(12)16-10-11-9-14-6-8-17-11/h3-5,11,14H,2,6-10H2,1H3,(H,15,16). The fourth-order valence-corrected chi connectivity index (χ4v) is 1.81. The summed E-state index contributed by atoms with van der Waals surface area (Å²) in [5, 5.41) is 6.59. The number of rotatable bonds is 6. The van der Waals surface area contributed by atoms with Crippen LogP contribution in [-0.2, 0) is 4.74 Å². The number of pyridine rings is 1. The Balaban J connectivity index is 1.87. The summed E-state index contributed by atoms with van der Waals surface area (Å²) in [7, 11) is 0. The number of nitrogens with one attached hydrogen (secondary N) is 2. The van der Waals surface area contributed by atoms with Crippen molar-refractivity contribution in [2.75, 3.05) is 38.2 Å². The van der Waals surface area contributed by atoms with Gasteiger partial charge in [0, 0.05) is 25.8 Å². The van der Waals surface area contributed by atoms with Gasteiger partial charge < -0.3 is 20.1 Å². The molecule has 5 heteroatoms. The fraction of sp³-hybridized carbons (Fsp3) is 0.615. The van der Waals surface area contributed by atoms with E-state index in [4.69, 9.17) is 9.47 Å². The first kappa shape index (κ1) is 13.1. The molecule has 5 nitrogen and oxygen atoms in total. The summed E-state index contributed by atoms with van der Waals surface area (Å²) >= 11 is 0. The molecular weight excluding hydrogens is 230 g/mol. The maximum absolute atomic E-state index is 5.64. The molecule has 0 aliphatic carbocycles. The predicted octanol–water partition coefficient (Wildman–Crippen LogP) is 1.27. The van der Waals surface area contributed by atoms with Gasteiger partial charge in [0.1, 0.15) is 0 Å². The fourth-order valence-electron chi connectivity index (χ4n) is 1.81. The lowest BCUT2D eigenvalue weighted by Gasteiger charge is -2.24. The van der Waals surface area contributed by atoms with Crippen LogP contribution in [0.2, 0.25) is 0 Å². The van der Waals surface area contributed by atoms with Gasteiger partial charge in [-0.3, -0.25) is 0 Å². The summed E-state index contributed by atoms with van der Waals surface area (Å²) in [5.41, 5.74) is 0. The van der Waals surface area contributed by atoms with Crippen molar-refractivity contribution in [2.24, 2.45) is 0 Å². The summed E-state index contributed by atoms with van der Waals surface area (Å²) in [4.78, 5) is 4.30. The second-order valence-corrected chi connectivity index (χ2v) is 4.28. The van der Waals surface area contributed by atoms with E-state index >= 15 is 0 Å². The molecule has 0 amide bonds. The lowest BCUT2D eigenvalue weighted by molar-refractivity contribution is 0.0371. The maximum atomic E-state index is 5.64. The van der Waals surface area contributed by atoms with Crippen LogP contribution in [0.1, 0.15) is 13.3 Å². The van der Waals surface area contributed by atoms with Crippen LogP contribution in [0.4, 0.5) is 5.82 Å². The molecule has 18 heavy (non-hydrogen) atoms. The third-order valence-corrected chi connectivity index (χ3v) is 2.73. The normalized spacial score (nSPS) is 19.5. The van der Waals surface area contributed by atoms with Gasteiger partial charge >= 0.3 is 0 Å². The molecule has 1 aromatic rings. The van der Waals surface area contributed by atoms with E-state index < -0.39 is 0 Å². The number of ether oxygens (including phenoxy) is 2. The van der Waals surface area contributed by atoms with E-state index in [-0.39, 0.29) is 6.10 Å². The molecule has 0 radical (unpaired) electrons. The molecule has 1 fully saturated rings. The average molecular weight is 251 g/mol. The first-order valence-electron chi connectivity index (χ1n) is 6.54. The lowest BCUT2D eigenvalue weighted by Crippen LogP contribution is -2.42. The molecule has 2 N–H and O–H groups in total. The van der Waals surface area contributed by atoms with Crippen LogP contribution in [0.5, 0.6) is 5.75 Å². The first-order chi connectivity index (χ1) is 8.90. The van der Waals surface area contributed by atoms with E-state index in [1.54, 1.807) is 6.20 Å². The Morgan fingerprint density at radius 1 is 1.61 bits per heavy atom. The van der Waals surface area contributed by atoms with Crippen molar-refractivity contribution >= 4 is 5.82 Å². The summed E-state index contributed by atoms with van der Waals surface area (Å²) in [6.07, 6.45) is 2.95. The van der Waals surface area contributed by atoms with Gasteiger partial charge in [0.05, 0.1) is 19.3 Å². The van der Waals surface area contributed by atoms with Gasteiger partial charge in [-0.2, -0.15) is 0 Å². The van der Waals surface area contributed by atoms with Crippen molar-refractivity contribution in [3.8, 4) is 5.75 Å². The number of aromatic nitrogens is 1. The molecule has 1 saturated heterocycles. The number of morpholine rings is 1. The largest absolute Gasteiger partial charge is 0.490 e. The van der Waals surface area contributed by atoms with E-state index in [9.17, 15) is 0 Å². The van der Waals surface area contributed by atoms with Gasteiger partial charge in [-0.1, -0.05) is 6.92 Å². The summed E-state index contributed by atoms with van der Waals surface area (Å²) in [5.74, 6) is 1.60. The Kier molecular flexibility index (Phi) is 5.23. The second kappa shape index (κ2) is 7.18. The second-order valence-electron chi connectivity index (χ2n) is 4.28. The van der Waals surface area contributed by atoms with Crippen molar-refractivity contribution in [3.05, 3.63) is 18.3 Å². The molecule has 0 spiro atoms. The highest BCUT2D eigenvalue weighted by Crippen LogP contribution is 2.21. The van der Waals surface area contributed by atoms with E-state index in [1.807, 2.05) is 12.1 Å². The Morgan fingerprint density at radius 3 is 3.33 bits per heavy atom. The molecule has 1 atom stereocenters. The number of nitrogens with zero attached hydrogens (tertiary/aromatic N) is 1. The number of anilines is 1. The van der Waals surface area contributed by atoms with Crippen LogP contribution in [0.3, 0.4) is 0 Å². The molecule has 100 valence electrons. The molecule has 2 rings (SSSR count). The van der Waals surface area contributed by atoms with Crippen LogP contribution >= 0.6 is 0 Å². The van der Waals surface area contributed by atoms with Crippen molar-refractivity contribution in [1.82, 2.24) is 10.3 Å². The van der Waals surface area contributed by atoms with E-state index in [0.717, 1.165) is 44.2 Å². The van der Waals surface area contributed by atoms with Gasteiger partial charge in [-0.05, 0) is 18.6 Å². The maximum Gasteiger partial charge on any atom is 0.168 e. The lowest BCUT2D eigenvalue weighted by atomic mass is 10.3. The van der Waals surface area contributed by atoms with Gasteiger partial charge in [-0.25, -0.2) is 4.98 Å². The smallest absolute Gasteiger partial charge is 0.168 e. The highest BCUT2D eigenvalue weighted by atomic mass is 16.5. The van der Waals surface area contributed by atoms with Crippen molar-refractivity contribution in [2.45, 2.75) is 19.4 Å². The molecule has 1 aliphatic heterocycles. The Bertz CT molecular complexity index is 354. The topological polar surface area (TPSA) is 55.4 Å². The molecule has 0 aromatic carbocycles. The van der Waals surface area contributed by atoms with Crippen molar-refractivity contribution in [1.29, 1.82) is 0 Å². The van der Waals surface area contributed by atoms with E-state index in [2.05, 4.69) is 22.5 Å². The number of hydrogen-bond acceptors (Lipinski definition) is 5. The highest BCUT2D eigenvalue weighted by molar-refractivity contribution is 5.49. The van der Waals surface area contributed by atoms with Crippen molar-refractivity contribution in [3.63, 3.8) is 0 Å². The summed E-state index contributed by atoms with van der Waals surface area (Å²) in [6.45, 7) is 6.13. The molecule has 0 saturated carbocycles. The third-order valence-electron chi connectivity index (χ3n) is 2.73. The zero-order chi connectivity index (χ0) is 12.6. The molecule has 1 aromatic heterocycles. The zero-order valence-corrected chi connectivity index (χ0v) is 10.8. The predicted molar refractivity (Wildman–Crippen MR) is 71.1 cm³/mol. The molecular formula is C13H21N3O2. The minimum Gasteiger partial charge on any atom is -0.490 e. The molecule has 1 aliphatic rings. The minimum absolute atomic E-state index is 0.194. The highest BCUT2D eigenvalue weighted by Gasteiger charge is 2.14. The van der Waals surface area contributed by atoms with Gasteiger partial charge in [0.2, 0.25) is 0 Å². The van der Waals surface area contributed by atoms with Gasteiger partial charge in [-0.15, -0.1) is 0 Å². The van der Waals surface area contributed by atoms with Crippen molar-refractivity contribution < 1.29 is 9.47 Å². The average Bonchev–Trinajstić information content (AvgIpc) is 2.45. The zero-order valence-electron chi connectivity index (χ0n) is 10.8. The molecule has 0 bridgehead atoms. The summed E-state index contributed by atoms with van der Waals surface area (Å²) < 4.78 is 11.3. The monoisotopic (exact) mass is 251 g/mol. The van der Waals surface area contributed by atoms with Gasteiger partial charge in [0.25, 0.3) is 0 Å². The van der Waals surface area contributed by atoms with Crippen LogP contribution in [0.15, 0.2) is 18.3 Å². The first-order valence-corrected chi connectivity index (χ1v) is 6.54. The molecule has 1 unspecified atom stereocenters. The SMILES string of the molecule is CCCOc1cccnc1NCC1CNCCO1. The van der Waals surface area contributed by atoms with E-state index in [1.165, 1.54) is 0 Å². The van der Waals surface area contributed by atoms with Gasteiger partial charge in [0.15, 0.2) is 11.6 Å². The van der Waals surface area contributed by atoms with E-state index in [0.29, 0.717) is 6.61 Å². The van der Waals surface area contributed by atoms with Crippen LogP contribution in [0, 0.1) is 0 Å². The third kappa shape index (κ3) is 3.85. The quantitative estimate of drug-likeness (QED) is 0.797. The van der Waals surface area contributed by atoms with Crippen LogP contribution < -0.4 is 15.4 Å². The Morgan fingerprint density at radius 2 is 2.56 bits per heavy atom. The molecule has 2 heterocycles. The minimum atomic E-state index is 0.194. The number of hydrogen-bond donors (Lipinski definition) is 2.